The smallest absolute Gasteiger partial charge is 0.328 e. The van der Waals surface area contributed by atoms with Gasteiger partial charge in [0.05, 0.1) is 14.2 Å². The number of methoxy groups -OCH3 is 2. The van der Waals surface area contributed by atoms with Gasteiger partial charge in [0.25, 0.3) is 5.91 Å². The lowest BCUT2D eigenvalue weighted by Gasteiger charge is -2.44. The third kappa shape index (κ3) is 5.16. The molecule has 2 saturated heterocycles. The summed E-state index contributed by atoms with van der Waals surface area (Å²) in [5, 5.41) is 6.09. The Morgan fingerprint density at radius 1 is 1.23 bits per heavy atom. The number of hydrogen-bond donors (Lipinski definition) is 3. The molecule has 0 radical (unpaired) electrons. The Bertz CT molecular complexity index is 1300. The number of aromatic nitrogens is 1. The molecule has 3 atom stereocenters. The van der Waals surface area contributed by atoms with E-state index in [1.165, 1.54) is 19.1 Å². The zero-order valence-electron chi connectivity index (χ0n) is 21.9. The molecule has 2 aliphatic heterocycles. The van der Waals surface area contributed by atoms with Gasteiger partial charge in [0.15, 0.2) is 0 Å². The number of fused-ring (bicyclic) bond motifs is 1. The van der Waals surface area contributed by atoms with E-state index in [1.54, 1.807) is 24.3 Å². The van der Waals surface area contributed by atoms with E-state index in [0.717, 1.165) is 6.42 Å². The zero-order chi connectivity index (χ0) is 27.9. The minimum atomic E-state index is -2.85. The van der Waals surface area contributed by atoms with Crippen LogP contribution in [-0.2, 0) is 19.1 Å². The predicted molar refractivity (Wildman–Crippen MR) is 135 cm³/mol. The highest BCUT2D eigenvalue weighted by Gasteiger charge is 2.62. The second-order valence-electron chi connectivity index (χ2n) is 10.9. The number of nitrogens with zero attached hydrogens (tertiary/aromatic N) is 1. The monoisotopic (exact) mass is 546 g/mol. The van der Waals surface area contributed by atoms with Crippen LogP contribution in [0.5, 0.6) is 5.75 Å². The molecule has 10 nitrogen and oxygen atoms in total. The lowest BCUT2D eigenvalue weighted by molar-refractivity contribution is -0.156. The van der Waals surface area contributed by atoms with E-state index in [9.17, 15) is 28.0 Å². The Morgan fingerprint density at radius 3 is 2.67 bits per heavy atom. The van der Waals surface area contributed by atoms with Crippen molar-refractivity contribution in [2.75, 3.05) is 27.3 Å². The molecule has 3 N–H and O–H groups in total. The van der Waals surface area contributed by atoms with E-state index in [-0.39, 0.29) is 31.0 Å². The third-order valence-corrected chi connectivity index (χ3v) is 8.14. The third-order valence-electron chi connectivity index (χ3n) is 8.14. The van der Waals surface area contributed by atoms with Gasteiger partial charge in [-0.25, -0.2) is 13.6 Å². The van der Waals surface area contributed by atoms with E-state index in [1.807, 2.05) is 0 Å². The number of amides is 3. The molecule has 1 spiro atoms. The number of halogens is 2. The van der Waals surface area contributed by atoms with Gasteiger partial charge in [-0.2, -0.15) is 0 Å². The molecule has 3 heterocycles. The Labute approximate surface area is 223 Å². The summed E-state index contributed by atoms with van der Waals surface area (Å²) in [6, 6.07) is 4.72. The Kier molecular flexibility index (Phi) is 6.98. The average Bonchev–Trinajstić information content (AvgIpc) is 3.50. The van der Waals surface area contributed by atoms with Crippen molar-refractivity contribution in [1.29, 1.82) is 0 Å². The van der Waals surface area contributed by atoms with Gasteiger partial charge in [0.2, 0.25) is 17.7 Å². The summed E-state index contributed by atoms with van der Waals surface area (Å²) in [5.41, 5.74) is -0.0485. The van der Waals surface area contributed by atoms with Gasteiger partial charge in [-0.1, -0.05) is 6.07 Å². The van der Waals surface area contributed by atoms with Gasteiger partial charge in [-0.05, 0) is 43.9 Å². The number of benzene rings is 1. The lowest BCUT2D eigenvalue weighted by Crippen LogP contribution is -2.52. The number of hydrogen-bond acceptors (Lipinski definition) is 6. The van der Waals surface area contributed by atoms with Crippen molar-refractivity contribution >= 4 is 34.6 Å². The molecular weight excluding hydrogens is 514 g/mol. The minimum Gasteiger partial charge on any atom is -0.496 e. The normalized spacial score (nSPS) is 24.1. The summed E-state index contributed by atoms with van der Waals surface area (Å²) in [5.74, 6) is -4.85. The molecule has 210 valence electrons. The van der Waals surface area contributed by atoms with Crippen LogP contribution in [0.2, 0.25) is 0 Å². The Balaban J connectivity index is 1.40. The maximum atomic E-state index is 14.0. The number of carbonyl (C=O) groups excluding carboxylic acids is 4. The van der Waals surface area contributed by atoms with E-state index in [0.29, 0.717) is 29.6 Å². The highest BCUT2D eigenvalue weighted by Crippen LogP contribution is 2.58. The summed E-state index contributed by atoms with van der Waals surface area (Å²) >= 11 is 0. The molecule has 39 heavy (non-hydrogen) atoms. The molecule has 1 aliphatic carbocycles. The number of likely N-dealkylation sites (tertiary alicyclic amines) is 1. The topological polar surface area (TPSA) is 130 Å². The van der Waals surface area contributed by atoms with Crippen molar-refractivity contribution in [2.45, 2.75) is 56.5 Å². The SMILES string of the molecule is COC(=O)[C@H](C[C@@H]1CCCNC1=O)NC(=O)C1CC2(CN1C(=O)c1cc3c(OC)cccc3[nH]1)CC(F)(F)C2. The van der Waals surface area contributed by atoms with Crippen molar-refractivity contribution in [3.05, 3.63) is 30.0 Å². The second-order valence-corrected chi connectivity index (χ2v) is 10.9. The van der Waals surface area contributed by atoms with Crippen LogP contribution in [0.3, 0.4) is 0 Å². The lowest BCUT2D eigenvalue weighted by atomic mass is 9.65. The highest BCUT2D eigenvalue weighted by molar-refractivity contribution is 6.02. The Morgan fingerprint density at radius 2 is 2.00 bits per heavy atom. The summed E-state index contributed by atoms with van der Waals surface area (Å²) in [7, 11) is 2.70. The molecule has 3 amide bonds. The fourth-order valence-electron chi connectivity index (χ4n) is 6.35. The number of aromatic amines is 1. The van der Waals surface area contributed by atoms with Crippen LogP contribution in [0.1, 0.15) is 49.0 Å². The number of H-pyrrole nitrogens is 1. The van der Waals surface area contributed by atoms with Crippen LogP contribution in [0.4, 0.5) is 8.78 Å². The fraction of sp³-hybridized carbons (Fsp3) is 0.556. The molecule has 1 saturated carbocycles. The highest BCUT2D eigenvalue weighted by atomic mass is 19.3. The first-order chi connectivity index (χ1) is 18.5. The van der Waals surface area contributed by atoms with Crippen LogP contribution in [0.25, 0.3) is 10.9 Å². The molecule has 2 aromatic rings. The van der Waals surface area contributed by atoms with E-state index in [4.69, 9.17) is 9.47 Å². The molecule has 1 aromatic heterocycles. The molecule has 0 bridgehead atoms. The van der Waals surface area contributed by atoms with Crippen molar-refractivity contribution in [2.24, 2.45) is 11.3 Å². The number of nitrogens with one attached hydrogen (secondary N) is 3. The van der Waals surface area contributed by atoms with E-state index in [2.05, 4.69) is 15.6 Å². The van der Waals surface area contributed by atoms with Crippen molar-refractivity contribution in [1.82, 2.24) is 20.5 Å². The van der Waals surface area contributed by atoms with Gasteiger partial charge in [-0.3, -0.25) is 14.4 Å². The zero-order valence-corrected chi connectivity index (χ0v) is 21.9. The molecule has 12 heteroatoms. The summed E-state index contributed by atoms with van der Waals surface area (Å²) in [4.78, 5) is 56.5. The van der Waals surface area contributed by atoms with Gasteiger partial charge in [0, 0.05) is 48.2 Å². The summed E-state index contributed by atoms with van der Waals surface area (Å²) in [6.45, 7) is 0.538. The van der Waals surface area contributed by atoms with Crippen LogP contribution in [0.15, 0.2) is 24.3 Å². The maximum Gasteiger partial charge on any atom is 0.328 e. The number of carbonyl (C=O) groups is 4. The molecule has 3 aliphatic rings. The minimum absolute atomic E-state index is 0.0140. The number of ether oxygens (including phenoxy) is 2. The standard InChI is InChI=1S/C27H32F2N4O6/c1-38-21-7-3-6-17-16(21)10-18(31-17)24(36)33-14-26(12-27(28,29)13-26)11-20(33)23(35)32-19(25(37)39-2)9-15-5-4-8-30-22(15)34/h3,6-7,10,15,19-20,31H,4-5,8-9,11-14H2,1-2H3,(H,30,34)(H,32,35)/t15-,19-,20?/m0/s1. The number of alkyl halides is 2. The summed E-state index contributed by atoms with van der Waals surface area (Å²) < 4.78 is 38.2. The largest absolute Gasteiger partial charge is 0.496 e. The van der Waals surface area contributed by atoms with Crippen molar-refractivity contribution in [3.8, 4) is 5.75 Å². The Hall–Kier alpha value is -3.70. The number of esters is 1. The molecule has 5 rings (SSSR count). The van der Waals surface area contributed by atoms with Gasteiger partial charge in [0.1, 0.15) is 23.5 Å². The first kappa shape index (κ1) is 26.9. The maximum absolute atomic E-state index is 14.0. The van der Waals surface area contributed by atoms with Crippen molar-refractivity contribution in [3.63, 3.8) is 0 Å². The second kappa shape index (κ2) is 10.1. The fourth-order valence-corrected chi connectivity index (χ4v) is 6.35. The van der Waals surface area contributed by atoms with Crippen molar-refractivity contribution < 1.29 is 37.4 Å². The summed E-state index contributed by atoms with van der Waals surface area (Å²) in [6.07, 6.45) is 0.547. The number of piperidine rings is 1. The van der Waals surface area contributed by atoms with Gasteiger partial charge >= 0.3 is 5.97 Å². The van der Waals surface area contributed by atoms with Crippen LogP contribution >= 0.6 is 0 Å². The molecule has 1 unspecified atom stereocenters. The first-order valence-electron chi connectivity index (χ1n) is 13.1. The van der Waals surface area contributed by atoms with E-state index < -0.39 is 60.0 Å². The van der Waals surface area contributed by atoms with Gasteiger partial charge < -0.3 is 30.0 Å². The molecule has 3 fully saturated rings. The van der Waals surface area contributed by atoms with Crippen LogP contribution in [-0.4, -0.2) is 78.9 Å². The average molecular weight is 547 g/mol. The number of rotatable bonds is 7. The van der Waals surface area contributed by atoms with Crippen LogP contribution < -0.4 is 15.4 Å². The molecule has 1 aromatic carbocycles. The quantitative estimate of drug-likeness (QED) is 0.458. The van der Waals surface area contributed by atoms with Gasteiger partial charge in [-0.15, -0.1) is 0 Å². The van der Waals surface area contributed by atoms with E-state index >= 15 is 0 Å². The predicted octanol–water partition coefficient (Wildman–Crippen LogP) is 2.38. The molecular formula is C27H32F2N4O6. The first-order valence-corrected chi connectivity index (χ1v) is 13.1. The van der Waals surface area contributed by atoms with Crippen LogP contribution in [0, 0.1) is 11.3 Å².